The molecule has 0 bridgehead atoms. The Hall–Kier alpha value is -3.04. The van der Waals surface area contributed by atoms with Gasteiger partial charge in [-0.25, -0.2) is 0 Å². The minimum atomic E-state index is 0.232. The highest BCUT2D eigenvalue weighted by molar-refractivity contribution is 5.93. The SMILES string of the molecule is COc1ccc2c(c1)C1=CCC3=CCC=CC3=C1C2c1ccc(OCCN2CCCCC2)cc1. The molecule has 1 unspecified atom stereocenters. The second kappa shape index (κ2) is 9.31. The Morgan fingerprint density at radius 1 is 0.941 bits per heavy atom. The van der Waals surface area contributed by atoms with E-state index in [9.17, 15) is 0 Å². The van der Waals surface area contributed by atoms with Gasteiger partial charge in [0.1, 0.15) is 18.1 Å². The van der Waals surface area contributed by atoms with Crippen LogP contribution in [0.2, 0.25) is 0 Å². The average Bonchev–Trinajstić information content (AvgIpc) is 3.24. The number of rotatable bonds is 6. The average molecular weight is 452 g/mol. The molecule has 34 heavy (non-hydrogen) atoms. The summed E-state index contributed by atoms with van der Waals surface area (Å²) < 4.78 is 11.7. The highest BCUT2D eigenvalue weighted by atomic mass is 16.5. The maximum Gasteiger partial charge on any atom is 0.119 e. The summed E-state index contributed by atoms with van der Waals surface area (Å²) >= 11 is 0. The van der Waals surface area contributed by atoms with Crippen LogP contribution in [0.25, 0.3) is 5.57 Å². The lowest BCUT2D eigenvalue weighted by molar-refractivity contribution is 0.183. The minimum absolute atomic E-state index is 0.232. The van der Waals surface area contributed by atoms with Crippen molar-refractivity contribution in [3.63, 3.8) is 0 Å². The minimum Gasteiger partial charge on any atom is -0.497 e. The molecule has 0 saturated carbocycles. The summed E-state index contributed by atoms with van der Waals surface area (Å²) in [5.41, 5.74) is 9.69. The van der Waals surface area contributed by atoms with Gasteiger partial charge in [-0.3, -0.25) is 4.90 Å². The first-order chi connectivity index (χ1) is 16.8. The molecule has 1 heterocycles. The molecule has 2 aromatic rings. The van der Waals surface area contributed by atoms with Gasteiger partial charge >= 0.3 is 0 Å². The summed E-state index contributed by atoms with van der Waals surface area (Å²) in [5, 5.41) is 0. The van der Waals surface area contributed by atoms with Gasteiger partial charge in [0.05, 0.1) is 7.11 Å². The maximum absolute atomic E-state index is 6.12. The molecule has 0 N–H and O–H groups in total. The molecule has 174 valence electrons. The summed E-state index contributed by atoms with van der Waals surface area (Å²) in [6.07, 6.45) is 15.5. The third kappa shape index (κ3) is 3.92. The van der Waals surface area contributed by atoms with Gasteiger partial charge in [-0.05, 0) is 102 Å². The number of hydrogen-bond donors (Lipinski definition) is 0. The number of hydrogen-bond acceptors (Lipinski definition) is 3. The van der Waals surface area contributed by atoms with Gasteiger partial charge in [0.25, 0.3) is 0 Å². The van der Waals surface area contributed by atoms with Crippen LogP contribution in [-0.2, 0) is 0 Å². The molecule has 1 fully saturated rings. The van der Waals surface area contributed by atoms with Crippen LogP contribution in [0.4, 0.5) is 0 Å². The van der Waals surface area contributed by atoms with Crippen LogP contribution in [-0.4, -0.2) is 38.3 Å². The molecule has 3 aliphatic carbocycles. The number of allylic oxidation sites excluding steroid dienone is 8. The molecule has 6 rings (SSSR count). The molecule has 1 atom stereocenters. The predicted octanol–water partition coefficient (Wildman–Crippen LogP) is 6.68. The van der Waals surface area contributed by atoms with Crippen molar-refractivity contribution in [3.05, 3.63) is 100 Å². The fourth-order valence-electron chi connectivity index (χ4n) is 5.98. The smallest absolute Gasteiger partial charge is 0.119 e. The Morgan fingerprint density at radius 2 is 1.76 bits per heavy atom. The molecule has 4 aliphatic rings. The quantitative estimate of drug-likeness (QED) is 0.489. The van der Waals surface area contributed by atoms with E-state index in [0.29, 0.717) is 0 Å². The van der Waals surface area contributed by atoms with Crippen LogP contribution >= 0.6 is 0 Å². The lowest BCUT2D eigenvalue weighted by Gasteiger charge is -2.26. The zero-order valence-electron chi connectivity index (χ0n) is 20.1. The Balaban J connectivity index is 1.29. The van der Waals surface area contributed by atoms with E-state index in [-0.39, 0.29) is 5.92 Å². The van der Waals surface area contributed by atoms with E-state index >= 15 is 0 Å². The highest BCUT2D eigenvalue weighted by Crippen LogP contribution is 2.54. The first-order valence-corrected chi connectivity index (χ1v) is 12.8. The summed E-state index contributed by atoms with van der Waals surface area (Å²) in [4.78, 5) is 2.52. The second-order valence-corrected chi connectivity index (χ2v) is 9.72. The van der Waals surface area contributed by atoms with Crippen molar-refractivity contribution in [2.24, 2.45) is 0 Å². The molecule has 3 nitrogen and oxygen atoms in total. The molecular formula is C31H33NO2. The summed E-state index contributed by atoms with van der Waals surface area (Å²) in [7, 11) is 1.75. The number of fused-ring (bicyclic) bond motifs is 4. The fraction of sp³-hybridized carbons (Fsp3) is 0.355. The van der Waals surface area contributed by atoms with Crippen molar-refractivity contribution in [1.29, 1.82) is 0 Å². The molecule has 2 aromatic carbocycles. The largest absolute Gasteiger partial charge is 0.497 e. The monoisotopic (exact) mass is 451 g/mol. The van der Waals surface area contributed by atoms with E-state index in [1.807, 2.05) is 0 Å². The Bertz CT molecular complexity index is 1190. The molecule has 0 amide bonds. The van der Waals surface area contributed by atoms with Crippen LogP contribution in [0.5, 0.6) is 11.5 Å². The zero-order chi connectivity index (χ0) is 22.9. The van der Waals surface area contributed by atoms with Crippen molar-refractivity contribution >= 4 is 5.57 Å². The fourth-order valence-corrected chi connectivity index (χ4v) is 5.98. The summed E-state index contributed by atoms with van der Waals surface area (Å²) in [6, 6.07) is 15.4. The number of ether oxygens (including phenoxy) is 2. The molecular weight excluding hydrogens is 418 g/mol. The van der Waals surface area contributed by atoms with Gasteiger partial charge in [-0.15, -0.1) is 0 Å². The van der Waals surface area contributed by atoms with Crippen LogP contribution in [0, 0.1) is 0 Å². The van der Waals surface area contributed by atoms with Gasteiger partial charge in [0.15, 0.2) is 0 Å². The van der Waals surface area contributed by atoms with E-state index in [1.54, 1.807) is 7.11 Å². The van der Waals surface area contributed by atoms with Gasteiger partial charge in [0.2, 0.25) is 0 Å². The number of methoxy groups -OCH3 is 1. The van der Waals surface area contributed by atoms with E-state index < -0.39 is 0 Å². The number of piperidine rings is 1. The highest BCUT2D eigenvalue weighted by Gasteiger charge is 2.37. The number of benzene rings is 2. The maximum atomic E-state index is 6.12. The molecule has 1 aliphatic heterocycles. The van der Waals surface area contributed by atoms with Crippen LogP contribution < -0.4 is 9.47 Å². The van der Waals surface area contributed by atoms with E-state index in [0.717, 1.165) is 37.5 Å². The van der Waals surface area contributed by atoms with E-state index in [2.05, 4.69) is 71.7 Å². The van der Waals surface area contributed by atoms with Crippen molar-refractivity contribution in [3.8, 4) is 11.5 Å². The standard InChI is InChI=1S/C31H33NO2/c1-33-25-14-16-27-29(21-25)28-15-11-22-7-3-4-8-26(22)31(28)30(27)23-9-12-24(13-10-23)34-20-19-32-17-5-2-6-18-32/h4,7-10,12-16,21,30H,2-3,5-6,11,17-20H2,1H3. The van der Waals surface area contributed by atoms with E-state index in [4.69, 9.17) is 9.47 Å². The van der Waals surface area contributed by atoms with Gasteiger partial charge in [0, 0.05) is 12.5 Å². The Labute approximate surface area is 203 Å². The normalized spacial score (nSPS) is 21.4. The van der Waals surface area contributed by atoms with Crippen molar-refractivity contribution < 1.29 is 9.47 Å². The van der Waals surface area contributed by atoms with Crippen molar-refractivity contribution in [2.75, 3.05) is 33.4 Å². The van der Waals surface area contributed by atoms with Gasteiger partial charge in [-0.1, -0.05) is 48.9 Å². The number of likely N-dealkylation sites (tertiary alicyclic amines) is 1. The lowest BCUT2D eigenvalue weighted by Crippen LogP contribution is -2.33. The third-order valence-corrected chi connectivity index (χ3v) is 7.73. The van der Waals surface area contributed by atoms with Crippen molar-refractivity contribution in [2.45, 2.75) is 38.0 Å². The number of nitrogens with zero attached hydrogens (tertiary/aromatic N) is 1. The summed E-state index contributed by atoms with van der Waals surface area (Å²) in [6.45, 7) is 4.21. The van der Waals surface area contributed by atoms with Crippen molar-refractivity contribution in [1.82, 2.24) is 4.90 Å². The predicted molar refractivity (Wildman–Crippen MR) is 139 cm³/mol. The lowest BCUT2D eigenvalue weighted by atomic mass is 9.79. The molecule has 1 saturated heterocycles. The summed E-state index contributed by atoms with van der Waals surface area (Å²) in [5.74, 6) is 2.11. The van der Waals surface area contributed by atoms with Crippen LogP contribution in [0.15, 0.2) is 83.5 Å². The van der Waals surface area contributed by atoms with Crippen LogP contribution in [0.3, 0.4) is 0 Å². The Kier molecular flexibility index (Phi) is 5.88. The molecule has 0 aromatic heterocycles. The molecule has 0 radical (unpaired) electrons. The van der Waals surface area contributed by atoms with Gasteiger partial charge in [-0.2, -0.15) is 0 Å². The molecule has 3 heteroatoms. The first kappa shape index (κ1) is 21.5. The van der Waals surface area contributed by atoms with Crippen LogP contribution in [0.1, 0.15) is 54.7 Å². The zero-order valence-corrected chi connectivity index (χ0v) is 20.1. The topological polar surface area (TPSA) is 21.7 Å². The molecule has 0 spiro atoms. The first-order valence-electron chi connectivity index (χ1n) is 12.8. The second-order valence-electron chi connectivity index (χ2n) is 9.72. The van der Waals surface area contributed by atoms with Gasteiger partial charge < -0.3 is 9.47 Å². The third-order valence-electron chi connectivity index (χ3n) is 7.73. The van der Waals surface area contributed by atoms with E-state index in [1.165, 1.54) is 71.3 Å². The Morgan fingerprint density at radius 3 is 2.59 bits per heavy atom.